The largest absolute Gasteiger partial charge is 0.332 e. The summed E-state index contributed by atoms with van der Waals surface area (Å²) in [7, 11) is 0. The van der Waals surface area contributed by atoms with Crippen LogP contribution in [0.4, 0.5) is 15.8 Å². The van der Waals surface area contributed by atoms with Gasteiger partial charge in [0.05, 0.1) is 6.42 Å². The third-order valence-electron chi connectivity index (χ3n) is 3.95. The van der Waals surface area contributed by atoms with Crippen LogP contribution in [0.5, 0.6) is 0 Å². The molecule has 0 atom stereocenters. The normalized spacial score (nSPS) is 10.1. The van der Waals surface area contributed by atoms with Crippen molar-refractivity contribution in [2.24, 2.45) is 0 Å². The van der Waals surface area contributed by atoms with Gasteiger partial charge in [-0.25, -0.2) is 4.39 Å². The van der Waals surface area contributed by atoms with Crippen molar-refractivity contribution in [3.63, 3.8) is 0 Å². The van der Waals surface area contributed by atoms with Crippen LogP contribution >= 0.6 is 12.2 Å². The van der Waals surface area contributed by atoms with Crippen LogP contribution in [0.2, 0.25) is 0 Å². The number of hydrogen-bond acceptors (Lipinski definition) is 3. The fourth-order valence-electron chi connectivity index (χ4n) is 2.60. The van der Waals surface area contributed by atoms with E-state index in [1.54, 1.807) is 24.3 Å². The number of carbonyl (C=O) groups excluding carboxylic acids is 2. The summed E-state index contributed by atoms with van der Waals surface area (Å²) < 4.78 is 13.0. The minimum atomic E-state index is -0.449. The molecule has 29 heavy (non-hydrogen) atoms. The third-order valence-corrected chi connectivity index (χ3v) is 4.15. The summed E-state index contributed by atoms with van der Waals surface area (Å²) in [5.74, 6) is -1.01. The lowest BCUT2D eigenvalue weighted by Gasteiger charge is -2.11. The van der Waals surface area contributed by atoms with E-state index < -0.39 is 11.7 Å². The van der Waals surface area contributed by atoms with E-state index in [1.807, 2.05) is 30.3 Å². The molecule has 3 rings (SSSR count). The van der Waals surface area contributed by atoms with Gasteiger partial charge in [0.25, 0.3) is 5.91 Å². The number of thiocarbonyl (C=S) groups is 1. The zero-order valence-electron chi connectivity index (χ0n) is 15.3. The zero-order valence-corrected chi connectivity index (χ0v) is 16.1. The van der Waals surface area contributed by atoms with Crippen molar-refractivity contribution in [2.75, 3.05) is 10.6 Å². The van der Waals surface area contributed by atoms with E-state index in [2.05, 4.69) is 16.0 Å². The molecule has 0 spiro atoms. The number of amides is 2. The number of carbonyl (C=O) groups is 2. The van der Waals surface area contributed by atoms with Crippen molar-refractivity contribution in [3.05, 3.63) is 95.8 Å². The smallest absolute Gasteiger partial charge is 0.257 e. The standard InChI is InChI=1S/C22H18FN3O2S/c23-17-11-9-16(10-12-17)21(28)26-22(29)25-19-8-4-7-18(14-19)24-20(27)13-15-5-2-1-3-6-15/h1-12,14H,13H2,(H,24,27)(H2,25,26,28,29). The minimum absolute atomic E-state index is 0.0899. The predicted octanol–water partition coefficient (Wildman–Crippen LogP) is 4.13. The number of rotatable bonds is 5. The molecule has 0 saturated heterocycles. The molecule has 0 saturated carbocycles. The second kappa shape index (κ2) is 9.57. The van der Waals surface area contributed by atoms with Crippen molar-refractivity contribution < 1.29 is 14.0 Å². The molecule has 146 valence electrons. The van der Waals surface area contributed by atoms with E-state index in [0.717, 1.165) is 5.56 Å². The summed E-state index contributed by atoms with van der Waals surface area (Å²) in [6.45, 7) is 0. The molecule has 2 amide bonds. The van der Waals surface area contributed by atoms with Crippen LogP contribution in [0.25, 0.3) is 0 Å². The molecule has 0 aliphatic heterocycles. The van der Waals surface area contributed by atoms with Gasteiger partial charge in [-0.2, -0.15) is 0 Å². The van der Waals surface area contributed by atoms with Crippen LogP contribution in [0.3, 0.4) is 0 Å². The lowest BCUT2D eigenvalue weighted by molar-refractivity contribution is -0.115. The first-order valence-corrected chi connectivity index (χ1v) is 9.22. The summed E-state index contributed by atoms with van der Waals surface area (Å²) in [6.07, 6.45) is 0.268. The maximum Gasteiger partial charge on any atom is 0.257 e. The molecule has 0 aliphatic carbocycles. The molecule has 0 bridgehead atoms. The number of nitrogens with one attached hydrogen (secondary N) is 3. The van der Waals surface area contributed by atoms with Crippen LogP contribution in [0, 0.1) is 5.82 Å². The van der Waals surface area contributed by atoms with Crippen molar-refractivity contribution in [2.45, 2.75) is 6.42 Å². The zero-order chi connectivity index (χ0) is 20.6. The average Bonchev–Trinajstić information content (AvgIpc) is 2.69. The fraction of sp³-hybridized carbons (Fsp3) is 0.0455. The molecule has 3 N–H and O–H groups in total. The Morgan fingerprint density at radius 2 is 1.48 bits per heavy atom. The van der Waals surface area contributed by atoms with Gasteiger partial charge in [0, 0.05) is 16.9 Å². The summed E-state index contributed by atoms with van der Waals surface area (Å²) in [4.78, 5) is 24.3. The molecule has 0 aliphatic rings. The summed E-state index contributed by atoms with van der Waals surface area (Å²) in [5.41, 5.74) is 2.41. The number of hydrogen-bond donors (Lipinski definition) is 3. The lowest BCUT2D eigenvalue weighted by Crippen LogP contribution is -2.34. The monoisotopic (exact) mass is 407 g/mol. The van der Waals surface area contributed by atoms with Gasteiger partial charge >= 0.3 is 0 Å². The highest BCUT2D eigenvalue weighted by Gasteiger charge is 2.09. The Hall–Kier alpha value is -3.58. The van der Waals surface area contributed by atoms with Gasteiger partial charge in [-0.1, -0.05) is 36.4 Å². The molecule has 0 unspecified atom stereocenters. The molecule has 0 radical (unpaired) electrons. The minimum Gasteiger partial charge on any atom is -0.332 e. The second-order valence-electron chi connectivity index (χ2n) is 6.21. The molecule has 0 fully saturated rings. The maximum atomic E-state index is 13.0. The molecule has 0 aromatic heterocycles. The Morgan fingerprint density at radius 1 is 0.828 bits per heavy atom. The third kappa shape index (κ3) is 6.22. The van der Waals surface area contributed by atoms with Gasteiger partial charge in [-0.3, -0.25) is 14.9 Å². The maximum absolute atomic E-state index is 13.0. The van der Waals surface area contributed by atoms with E-state index in [1.165, 1.54) is 24.3 Å². The molecular formula is C22H18FN3O2S. The Kier molecular flexibility index (Phi) is 6.65. The van der Waals surface area contributed by atoms with Crippen molar-refractivity contribution in [1.29, 1.82) is 0 Å². The van der Waals surface area contributed by atoms with Crippen molar-refractivity contribution in [1.82, 2.24) is 5.32 Å². The van der Waals surface area contributed by atoms with Gasteiger partial charge in [-0.05, 0) is 60.2 Å². The first kappa shape index (κ1) is 20.2. The molecule has 0 heterocycles. The van der Waals surface area contributed by atoms with E-state index in [0.29, 0.717) is 11.4 Å². The highest BCUT2D eigenvalue weighted by molar-refractivity contribution is 7.80. The topological polar surface area (TPSA) is 70.2 Å². The highest BCUT2D eigenvalue weighted by atomic mass is 32.1. The van der Waals surface area contributed by atoms with E-state index in [-0.39, 0.29) is 23.0 Å². The molecule has 3 aromatic rings. The number of halogens is 1. The quantitative estimate of drug-likeness (QED) is 0.556. The van der Waals surface area contributed by atoms with E-state index in [9.17, 15) is 14.0 Å². The van der Waals surface area contributed by atoms with Crippen LogP contribution in [0.15, 0.2) is 78.9 Å². The molecular weight excluding hydrogens is 389 g/mol. The average molecular weight is 407 g/mol. The van der Waals surface area contributed by atoms with Crippen molar-refractivity contribution >= 4 is 40.5 Å². The Labute approximate surface area is 173 Å². The Morgan fingerprint density at radius 3 is 2.17 bits per heavy atom. The molecule has 3 aromatic carbocycles. The van der Waals surface area contributed by atoms with Crippen LogP contribution < -0.4 is 16.0 Å². The van der Waals surface area contributed by atoms with Gasteiger partial charge in [0.15, 0.2) is 5.11 Å². The first-order chi connectivity index (χ1) is 14.0. The molecule has 7 heteroatoms. The lowest BCUT2D eigenvalue weighted by atomic mass is 10.1. The van der Waals surface area contributed by atoms with Gasteiger partial charge in [0.2, 0.25) is 5.91 Å². The second-order valence-corrected chi connectivity index (χ2v) is 6.61. The van der Waals surface area contributed by atoms with Gasteiger partial charge < -0.3 is 10.6 Å². The van der Waals surface area contributed by atoms with E-state index >= 15 is 0 Å². The Bertz CT molecular complexity index is 1020. The SMILES string of the molecule is O=C(Cc1ccccc1)Nc1cccc(NC(=S)NC(=O)c2ccc(F)cc2)c1. The van der Waals surface area contributed by atoms with Gasteiger partial charge in [-0.15, -0.1) is 0 Å². The highest BCUT2D eigenvalue weighted by Crippen LogP contribution is 2.15. The Balaban J connectivity index is 1.56. The van der Waals surface area contributed by atoms with E-state index in [4.69, 9.17) is 12.2 Å². The van der Waals surface area contributed by atoms with Crippen LogP contribution in [0.1, 0.15) is 15.9 Å². The molecule has 5 nitrogen and oxygen atoms in total. The number of anilines is 2. The summed E-state index contributed by atoms with van der Waals surface area (Å²) in [6, 6.07) is 21.6. The summed E-state index contributed by atoms with van der Waals surface area (Å²) in [5, 5.41) is 8.34. The van der Waals surface area contributed by atoms with Crippen LogP contribution in [-0.2, 0) is 11.2 Å². The predicted molar refractivity (Wildman–Crippen MR) is 115 cm³/mol. The van der Waals surface area contributed by atoms with Gasteiger partial charge in [0.1, 0.15) is 5.82 Å². The summed E-state index contributed by atoms with van der Waals surface area (Å²) >= 11 is 5.15. The van der Waals surface area contributed by atoms with Crippen LogP contribution in [-0.4, -0.2) is 16.9 Å². The fourth-order valence-corrected chi connectivity index (χ4v) is 2.81. The number of benzene rings is 3. The first-order valence-electron chi connectivity index (χ1n) is 8.81. The van der Waals surface area contributed by atoms with Crippen molar-refractivity contribution in [3.8, 4) is 0 Å².